The second-order valence-corrected chi connectivity index (χ2v) is 8.28. The van der Waals surface area contributed by atoms with Gasteiger partial charge in [-0.3, -0.25) is 4.79 Å². The minimum absolute atomic E-state index is 0.130. The predicted octanol–water partition coefficient (Wildman–Crippen LogP) is 6.15. The molecule has 1 aromatic heterocycles. The topological polar surface area (TPSA) is 42.4 Å². The van der Waals surface area contributed by atoms with Gasteiger partial charge in [0.1, 0.15) is 5.75 Å². The van der Waals surface area contributed by atoms with E-state index in [1.54, 1.807) is 0 Å². The first-order valence-corrected chi connectivity index (χ1v) is 10.4. The molecule has 0 unspecified atom stereocenters. The average molecular weight is 431 g/mol. The lowest BCUT2D eigenvalue weighted by Gasteiger charge is -2.27. The number of rotatable bonds is 6. The molecule has 1 aliphatic rings. The van der Waals surface area contributed by atoms with Gasteiger partial charge in [0.2, 0.25) is 11.8 Å². The standard InChI is InChI=1S/C22H27BrN2O2/c1-6-16(7-2)25-19-10-14(5)24-22(17(19)12-21(25)26)27-20-9-8-15(13(3)4)11-18(20)23/h8-11,13,16H,6-7,12H2,1-5H3. The third-order valence-corrected chi connectivity index (χ3v) is 5.80. The summed E-state index contributed by atoms with van der Waals surface area (Å²) in [5, 5.41) is 0. The molecule has 144 valence electrons. The first kappa shape index (κ1) is 19.9. The zero-order chi connectivity index (χ0) is 19.7. The molecule has 3 rings (SSSR count). The van der Waals surface area contributed by atoms with Crippen molar-refractivity contribution in [3.63, 3.8) is 0 Å². The Morgan fingerprint density at radius 1 is 1.22 bits per heavy atom. The summed E-state index contributed by atoms with van der Waals surface area (Å²) in [5.74, 6) is 1.82. The number of nitrogens with zero attached hydrogens (tertiary/aromatic N) is 2. The van der Waals surface area contributed by atoms with Crippen molar-refractivity contribution in [3.8, 4) is 11.6 Å². The van der Waals surface area contributed by atoms with Crippen molar-refractivity contribution in [2.45, 2.75) is 65.8 Å². The molecule has 5 heteroatoms. The fourth-order valence-electron chi connectivity index (χ4n) is 3.61. The number of benzene rings is 1. The maximum Gasteiger partial charge on any atom is 0.231 e. The normalized spacial score (nSPS) is 13.6. The SMILES string of the molecule is CCC(CC)N1C(=O)Cc2c1cc(C)nc2Oc1ccc(C(C)C)cc1Br. The van der Waals surface area contributed by atoms with E-state index in [2.05, 4.69) is 60.7 Å². The number of fused-ring (bicyclic) bond motifs is 1. The number of pyridine rings is 1. The summed E-state index contributed by atoms with van der Waals surface area (Å²) >= 11 is 3.61. The van der Waals surface area contributed by atoms with E-state index in [1.807, 2.05) is 24.0 Å². The minimum atomic E-state index is 0.130. The Morgan fingerprint density at radius 2 is 1.93 bits per heavy atom. The third-order valence-electron chi connectivity index (χ3n) is 5.18. The number of carbonyl (C=O) groups is 1. The molecular formula is C22H27BrN2O2. The van der Waals surface area contributed by atoms with E-state index in [4.69, 9.17) is 4.74 Å². The second-order valence-electron chi connectivity index (χ2n) is 7.42. The van der Waals surface area contributed by atoms with Gasteiger partial charge in [-0.25, -0.2) is 4.98 Å². The highest BCUT2D eigenvalue weighted by molar-refractivity contribution is 9.10. The average Bonchev–Trinajstić information content (AvgIpc) is 2.94. The molecular weight excluding hydrogens is 404 g/mol. The van der Waals surface area contributed by atoms with Crippen molar-refractivity contribution in [1.29, 1.82) is 0 Å². The molecule has 0 atom stereocenters. The number of aromatic nitrogens is 1. The number of hydrogen-bond donors (Lipinski definition) is 0. The fraction of sp³-hybridized carbons (Fsp3) is 0.455. The van der Waals surface area contributed by atoms with Gasteiger partial charge in [0.05, 0.1) is 16.6 Å². The van der Waals surface area contributed by atoms with Crippen LogP contribution in [0.3, 0.4) is 0 Å². The van der Waals surface area contributed by atoms with Gasteiger partial charge in [-0.05, 0) is 65.4 Å². The molecule has 0 aliphatic carbocycles. The number of anilines is 1. The van der Waals surface area contributed by atoms with E-state index < -0.39 is 0 Å². The number of hydrogen-bond acceptors (Lipinski definition) is 3. The molecule has 0 fully saturated rings. The van der Waals surface area contributed by atoms with E-state index in [0.29, 0.717) is 24.0 Å². The van der Waals surface area contributed by atoms with Gasteiger partial charge in [0.25, 0.3) is 0 Å². The largest absolute Gasteiger partial charge is 0.437 e. The Hall–Kier alpha value is -1.88. The fourth-order valence-corrected chi connectivity index (χ4v) is 4.09. The minimum Gasteiger partial charge on any atom is -0.437 e. The first-order chi connectivity index (χ1) is 12.8. The monoisotopic (exact) mass is 430 g/mol. The van der Waals surface area contributed by atoms with Crippen LogP contribution in [0.25, 0.3) is 0 Å². The van der Waals surface area contributed by atoms with Crippen LogP contribution in [0.15, 0.2) is 28.7 Å². The number of carbonyl (C=O) groups excluding carboxylic acids is 1. The maximum absolute atomic E-state index is 12.7. The van der Waals surface area contributed by atoms with Gasteiger partial charge in [-0.1, -0.05) is 33.8 Å². The second kappa shape index (κ2) is 8.01. The van der Waals surface area contributed by atoms with E-state index in [-0.39, 0.29) is 11.9 Å². The summed E-state index contributed by atoms with van der Waals surface area (Å²) in [7, 11) is 0. The molecule has 2 heterocycles. The van der Waals surface area contributed by atoms with Crippen LogP contribution in [0.5, 0.6) is 11.6 Å². The lowest BCUT2D eigenvalue weighted by Crippen LogP contribution is -2.37. The van der Waals surface area contributed by atoms with Crippen LogP contribution in [0.1, 0.15) is 63.3 Å². The van der Waals surface area contributed by atoms with Gasteiger partial charge in [0, 0.05) is 17.3 Å². The van der Waals surface area contributed by atoms with E-state index in [1.165, 1.54) is 5.56 Å². The summed E-state index contributed by atoms with van der Waals surface area (Å²) in [6, 6.07) is 8.33. The van der Waals surface area contributed by atoms with Crippen LogP contribution in [0.2, 0.25) is 0 Å². The van der Waals surface area contributed by atoms with Gasteiger partial charge >= 0.3 is 0 Å². The molecule has 0 spiro atoms. The van der Waals surface area contributed by atoms with E-state index >= 15 is 0 Å². The lowest BCUT2D eigenvalue weighted by atomic mass is 10.0. The molecule has 1 aliphatic heterocycles. The molecule has 0 N–H and O–H groups in total. The summed E-state index contributed by atoms with van der Waals surface area (Å²) in [4.78, 5) is 19.3. The zero-order valence-electron chi connectivity index (χ0n) is 16.7. The number of aryl methyl sites for hydroxylation is 1. The van der Waals surface area contributed by atoms with Crippen LogP contribution in [-0.2, 0) is 11.2 Å². The molecule has 0 saturated heterocycles. The molecule has 2 aromatic rings. The van der Waals surface area contributed by atoms with Crippen molar-refractivity contribution in [3.05, 3.63) is 45.6 Å². The van der Waals surface area contributed by atoms with Gasteiger partial charge < -0.3 is 9.64 Å². The zero-order valence-corrected chi connectivity index (χ0v) is 18.3. The molecule has 4 nitrogen and oxygen atoms in total. The van der Waals surface area contributed by atoms with Crippen LogP contribution in [-0.4, -0.2) is 16.9 Å². The Labute approximate surface area is 170 Å². The van der Waals surface area contributed by atoms with Crippen molar-refractivity contribution in [2.75, 3.05) is 4.90 Å². The summed E-state index contributed by atoms with van der Waals surface area (Å²) in [6.07, 6.45) is 2.21. The van der Waals surface area contributed by atoms with Crippen molar-refractivity contribution >= 4 is 27.5 Å². The predicted molar refractivity (Wildman–Crippen MR) is 113 cm³/mol. The van der Waals surface area contributed by atoms with Crippen LogP contribution in [0.4, 0.5) is 5.69 Å². The molecule has 1 aromatic carbocycles. The molecule has 27 heavy (non-hydrogen) atoms. The van der Waals surface area contributed by atoms with Crippen molar-refractivity contribution in [1.82, 2.24) is 4.98 Å². The third kappa shape index (κ3) is 3.88. The maximum atomic E-state index is 12.7. The highest BCUT2D eigenvalue weighted by Crippen LogP contribution is 2.40. The van der Waals surface area contributed by atoms with Crippen LogP contribution in [0, 0.1) is 6.92 Å². The molecule has 0 saturated carbocycles. The number of ether oxygens (including phenoxy) is 1. The number of halogens is 1. The van der Waals surface area contributed by atoms with Crippen molar-refractivity contribution < 1.29 is 9.53 Å². The highest BCUT2D eigenvalue weighted by atomic mass is 79.9. The van der Waals surface area contributed by atoms with Crippen molar-refractivity contribution in [2.24, 2.45) is 0 Å². The van der Waals surface area contributed by atoms with Crippen LogP contribution < -0.4 is 9.64 Å². The number of amides is 1. The Balaban J connectivity index is 2.00. The van der Waals surface area contributed by atoms with Gasteiger partial charge in [-0.15, -0.1) is 0 Å². The van der Waals surface area contributed by atoms with Gasteiger partial charge in [0.15, 0.2) is 0 Å². The first-order valence-electron chi connectivity index (χ1n) is 9.65. The van der Waals surface area contributed by atoms with Gasteiger partial charge in [-0.2, -0.15) is 0 Å². The summed E-state index contributed by atoms with van der Waals surface area (Å²) in [5.41, 5.74) is 3.93. The van der Waals surface area contributed by atoms with E-state index in [0.717, 1.165) is 34.3 Å². The Morgan fingerprint density at radius 3 is 2.52 bits per heavy atom. The Bertz CT molecular complexity index is 860. The molecule has 0 radical (unpaired) electrons. The quantitative estimate of drug-likeness (QED) is 0.551. The molecule has 0 bridgehead atoms. The Kier molecular flexibility index (Phi) is 5.89. The molecule has 1 amide bonds. The smallest absolute Gasteiger partial charge is 0.231 e. The van der Waals surface area contributed by atoms with Crippen LogP contribution >= 0.6 is 15.9 Å². The summed E-state index contributed by atoms with van der Waals surface area (Å²) in [6.45, 7) is 10.5. The lowest BCUT2D eigenvalue weighted by molar-refractivity contribution is -0.117. The highest BCUT2D eigenvalue weighted by Gasteiger charge is 2.35. The summed E-state index contributed by atoms with van der Waals surface area (Å²) < 4.78 is 7.07. The van der Waals surface area contributed by atoms with E-state index in [9.17, 15) is 4.79 Å².